The van der Waals surface area contributed by atoms with Crippen LogP contribution in [0.3, 0.4) is 0 Å². The number of hydrogen-bond acceptors (Lipinski definition) is 6. The molecule has 1 aromatic rings. The number of carbonyl (C=O) groups excluding carboxylic acids is 3. The van der Waals surface area contributed by atoms with Crippen LogP contribution in [0, 0.1) is 0 Å². The van der Waals surface area contributed by atoms with Crippen LogP contribution in [0.5, 0.6) is 0 Å². The number of hydrogen-bond donors (Lipinski definition) is 1. The van der Waals surface area contributed by atoms with Crippen LogP contribution in [0.15, 0.2) is 30.3 Å². The Hall–Kier alpha value is -2.35. The summed E-state index contributed by atoms with van der Waals surface area (Å²) >= 11 is 0. The van der Waals surface area contributed by atoms with E-state index in [1.54, 1.807) is 20.8 Å². The van der Waals surface area contributed by atoms with Crippen LogP contribution in [-0.4, -0.2) is 44.4 Å². The van der Waals surface area contributed by atoms with E-state index < -0.39 is 37.7 Å². The summed E-state index contributed by atoms with van der Waals surface area (Å²) in [4.78, 5) is 36.7. The van der Waals surface area contributed by atoms with E-state index in [1.165, 1.54) is 0 Å². The SMILES string of the molecule is CC(C)(C)OC(=O)[C@H](CCC(=O)OCc1ccccc1)NC(=O)OCC[Si](C)(C)C. The topological polar surface area (TPSA) is 90.9 Å². The van der Waals surface area contributed by atoms with Crippen LogP contribution in [0.25, 0.3) is 0 Å². The number of alkyl carbamates (subject to hydrolysis) is 1. The molecule has 0 heterocycles. The number of amides is 1. The van der Waals surface area contributed by atoms with Gasteiger partial charge in [-0.3, -0.25) is 4.79 Å². The maximum Gasteiger partial charge on any atom is 0.407 e. The highest BCUT2D eigenvalue weighted by Crippen LogP contribution is 2.12. The monoisotopic (exact) mass is 437 g/mol. The van der Waals surface area contributed by atoms with Crippen molar-refractivity contribution in [3.05, 3.63) is 35.9 Å². The number of benzene rings is 1. The Bertz CT molecular complexity index is 694. The summed E-state index contributed by atoms with van der Waals surface area (Å²) in [5, 5.41) is 2.53. The molecular formula is C22H35NO6Si. The van der Waals surface area contributed by atoms with E-state index in [2.05, 4.69) is 25.0 Å². The number of nitrogens with one attached hydrogen (secondary N) is 1. The molecule has 1 N–H and O–H groups in total. The molecule has 0 aliphatic rings. The lowest BCUT2D eigenvalue weighted by atomic mass is 10.1. The van der Waals surface area contributed by atoms with Crippen LogP contribution >= 0.6 is 0 Å². The average molecular weight is 438 g/mol. The molecule has 1 atom stereocenters. The molecule has 0 radical (unpaired) electrons. The Kier molecular flexibility index (Phi) is 10.0. The summed E-state index contributed by atoms with van der Waals surface area (Å²) in [5.74, 6) is -1.07. The molecule has 0 spiro atoms. The second kappa shape index (κ2) is 11.7. The van der Waals surface area contributed by atoms with E-state index >= 15 is 0 Å². The number of ether oxygens (including phenoxy) is 3. The van der Waals surface area contributed by atoms with Gasteiger partial charge in [0.05, 0.1) is 6.61 Å². The van der Waals surface area contributed by atoms with Crippen molar-refractivity contribution < 1.29 is 28.6 Å². The molecule has 1 amide bonds. The van der Waals surface area contributed by atoms with Crippen molar-refractivity contribution >= 4 is 26.1 Å². The van der Waals surface area contributed by atoms with Crippen molar-refractivity contribution in [1.29, 1.82) is 0 Å². The Morgan fingerprint density at radius 3 is 2.23 bits per heavy atom. The van der Waals surface area contributed by atoms with Gasteiger partial charge < -0.3 is 19.5 Å². The molecule has 0 aliphatic heterocycles. The molecule has 0 unspecified atom stereocenters. The van der Waals surface area contributed by atoms with Gasteiger partial charge in [0.15, 0.2) is 0 Å². The molecular weight excluding hydrogens is 402 g/mol. The van der Waals surface area contributed by atoms with Crippen molar-refractivity contribution in [3.8, 4) is 0 Å². The second-order valence-corrected chi connectivity index (χ2v) is 15.0. The summed E-state index contributed by atoms with van der Waals surface area (Å²) < 4.78 is 15.8. The molecule has 0 saturated carbocycles. The maximum absolute atomic E-state index is 12.5. The number of carbonyl (C=O) groups is 3. The highest BCUT2D eigenvalue weighted by Gasteiger charge is 2.28. The summed E-state index contributed by atoms with van der Waals surface area (Å²) in [5.41, 5.74) is 0.158. The lowest BCUT2D eigenvalue weighted by Crippen LogP contribution is -2.45. The standard InChI is InChI=1S/C22H35NO6Si/c1-22(2,3)29-20(25)18(23-21(26)27-14-15-30(4,5)6)12-13-19(24)28-16-17-10-8-7-9-11-17/h7-11,18H,12-16H2,1-6H3,(H,23,26)/t18-/m0/s1. The third-order valence-corrected chi connectivity index (χ3v) is 5.65. The fraction of sp³-hybridized carbons (Fsp3) is 0.591. The third kappa shape index (κ3) is 12.3. The van der Waals surface area contributed by atoms with Crippen LogP contribution < -0.4 is 5.32 Å². The highest BCUT2D eigenvalue weighted by molar-refractivity contribution is 6.76. The van der Waals surface area contributed by atoms with E-state index in [4.69, 9.17) is 14.2 Å². The molecule has 0 aromatic heterocycles. The molecule has 168 valence electrons. The van der Waals surface area contributed by atoms with Crippen LogP contribution in [0.1, 0.15) is 39.2 Å². The van der Waals surface area contributed by atoms with Crippen molar-refractivity contribution in [1.82, 2.24) is 5.32 Å². The first-order valence-electron chi connectivity index (χ1n) is 10.2. The highest BCUT2D eigenvalue weighted by atomic mass is 28.3. The fourth-order valence-electron chi connectivity index (χ4n) is 2.33. The van der Waals surface area contributed by atoms with Gasteiger partial charge >= 0.3 is 18.0 Å². The second-order valence-electron chi connectivity index (χ2n) is 9.36. The van der Waals surface area contributed by atoms with Crippen LogP contribution in [-0.2, 0) is 30.4 Å². The van der Waals surface area contributed by atoms with E-state index in [1.807, 2.05) is 30.3 Å². The summed E-state index contributed by atoms with van der Waals surface area (Å²) in [6, 6.07) is 9.14. The molecule has 0 fully saturated rings. The minimum atomic E-state index is -1.34. The number of esters is 2. The lowest BCUT2D eigenvalue weighted by molar-refractivity contribution is -0.157. The van der Waals surface area contributed by atoms with E-state index in [-0.39, 0.29) is 19.4 Å². The van der Waals surface area contributed by atoms with Crippen molar-refractivity contribution in [2.24, 2.45) is 0 Å². The zero-order valence-electron chi connectivity index (χ0n) is 18.9. The van der Waals surface area contributed by atoms with Gasteiger partial charge in [-0.25, -0.2) is 9.59 Å². The van der Waals surface area contributed by atoms with Gasteiger partial charge in [0, 0.05) is 14.5 Å². The maximum atomic E-state index is 12.5. The largest absolute Gasteiger partial charge is 0.461 e. The van der Waals surface area contributed by atoms with Gasteiger partial charge in [-0.05, 0) is 38.8 Å². The average Bonchev–Trinajstić information content (AvgIpc) is 2.61. The van der Waals surface area contributed by atoms with Gasteiger partial charge in [0.1, 0.15) is 18.2 Å². The summed E-state index contributed by atoms with van der Waals surface area (Å²) in [6.07, 6.45) is -0.667. The first-order valence-corrected chi connectivity index (χ1v) is 13.9. The van der Waals surface area contributed by atoms with Crippen LogP contribution in [0.4, 0.5) is 4.79 Å². The van der Waals surface area contributed by atoms with E-state index in [0.29, 0.717) is 6.61 Å². The quantitative estimate of drug-likeness (QED) is 0.334. The first kappa shape index (κ1) is 25.7. The normalized spacial score (nSPS) is 12.6. The first-order chi connectivity index (χ1) is 13.9. The van der Waals surface area contributed by atoms with Crippen LogP contribution in [0.2, 0.25) is 25.7 Å². The Morgan fingerprint density at radius 1 is 1.03 bits per heavy atom. The van der Waals surface area contributed by atoms with Crippen molar-refractivity contribution in [2.75, 3.05) is 6.61 Å². The van der Waals surface area contributed by atoms with Gasteiger partial charge in [-0.1, -0.05) is 50.0 Å². The van der Waals surface area contributed by atoms with Gasteiger partial charge in [0.2, 0.25) is 0 Å². The minimum absolute atomic E-state index is 0.0358. The van der Waals surface area contributed by atoms with Gasteiger partial charge in [-0.2, -0.15) is 0 Å². The van der Waals surface area contributed by atoms with Gasteiger partial charge in [0.25, 0.3) is 0 Å². The summed E-state index contributed by atoms with van der Waals surface area (Å²) in [6.45, 7) is 12.2. The Balaban J connectivity index is 2.58. The summed E-state index contributed by atoms with van der Waals surface area (Å²) in [7, 11) is -1.34. The molecule has 0 bridgehead atoms. The smallest absolute Gasteiger partial charge is 0.407 e. The van der Waals surface area contributed by atoms with Crippen molar-refractivity contribution in [3.63, 3.8) is 0 Å². The molecule has 8 heteroatoms. The number of rotatable bonds is 10. The molecule has 0 saturated heterocycles. The predicted molar refractivity (Wildman–Crippen MR) is 118 cm³/mol. The predicted octanol–water partition coefficient (Wildman–Crippen LogP) is 4.28. The molecule has 30 heavy (non-hydrogen) atoms. The zero-order valence-corrected chi connectivity index (χ0v) is 19.9. The molecule has 0 aliphatic carbocycles. The van der Waals surface area contributed by atoms with E-state index in [0.717, 1.165) is 11.6 Å². The zero-order chi connectivity index (χ0) is 22.8. The van der Waals surface area contributed by atoms with Gasteiger partial charge in [-0.15, -0.1) is 0 Å². The van der Waals surface area contributed by atoms with E-state index in [9.17, 15) is 14.4 Å². The third-order valence-electron chi connectivity index (χ3n) is 3.95. The minimum Gasteiger partial charge on any atom is -0.461 e. The van der Waals surface area contributed by atoms with Crippen molar-refractivity contribution in [2.45, 2.75) is 77.5 Å². The Labute approximate surface area is 180 Å². The Morgan fingerprint density at radius 2 is 1.67 bits per heavy atom. The molecule has 1 rings (SSSR count). The molecule has 7 nitrogen and oxygen atoms in total. The molecule has 1 aromatic carbocycles. The fourth-order valence-corrected chi connectivity index (χ4v) is 3.04. The lowest BCUT2D eigenvalue weighted by Gasteiger charge is -2.24.